The highest BCUT2D eigenvalue weighted by Gasteiger charge is 2.31. The molecule has 0 bridgehead atoms. The van der Waals surface area contributed by atoms with Gasteiger partial charge in [-0.2, -0.15) is 18.2 Å². The minimum atomic E-state index is -4.37. The van der Waals surface area contributed by atoms with Crippen molar-refractivity contribution in [3.05, 3.63) is 36.2 Å². The molecule has 0 amide bonds. The molecular weight excluding hydrogens is 323 g/mol. The highest BCUT2D eigenvalue weighted by Crippen LogP contribution is 2.31. The van der Waals surface area contributed by atoms with Crippen LogP contribution in [0.4, 0.5) is 24.9 Å². The van der Waals surface area contributed by atoms with Gasteiger partial charge in [0.05, 0.1) is 12.7 Å². The van der Waals surface area contributed by atoms with Crippen molar-refractivity contribution in [3.63, 3.8) is 0 Å². The highest BCUT2D eigenvalue weighted by atomic mass is 19.4. The molecule has 0 aliphatic carbocycles. The maximum atomic E-state index is 12.8. The highest BCUT2D eigenvalue weighted by molar-refractivity contribution is 5.45. The normalized spacial score (nSPS) is 15.5. The molecule has 9 heteroatoms. The van der Waals surface area contributed by atoms with Crippen LogP contribution in [-0.2, 0) is 6.18 Å². The zero-order chi connectivity index (χ0) is 17.2. The summed E-state index contributed by atoms with van der Waals surface area (Å²) in [6.07, 6.45) is -1.56. The molecule has 2 aromatic heterocycles. The molecule has 24 heavy (non-hydrogen) atoms. The Hall–Kier alpha value is -2.58. The topological polar surface area (TPSA) is 54.4 Å². The number of hydrogen-bond donors (Lipinski definition) is 0. The molecule has 6 nitrogen and oxygen atoms in total. The first-order chi connectivity index (χ1) is 11.5. The third-order valence-corrected chi connectivity index (χ3v) is 3.79. The molecule has 2 aromatic rings. The summed E-state index contributed by atoms with van der Waals surface area (Å²) in [7, 11) is 1.53. The molecule has 1 aliphatic rings. The number of anilines is 2. The molecular formula is C15H16F3N5O. The largest absolute Gasteiger partial charge is 0.481 e. The summed E-state index contributed by atoms with van der Waals surface area (Å²) in [5.41, 5.74) is -0.689. The molecule has 1 saturated heterocycles. The number of piperazine rings is 1. The maximum Gasteiger partial charge on any atom is 0.416 e. The van der Waals surface area contributed by atoms with E-state index < -0.39 is 11.7 Å². The third-order valence-electron chi connectivity index (χ3n) is 3.79. The summed E-state index contributed by atoms with van der Waals surface area (Å²) < 4.78 is 43.5. The molecule has 0 N–H and O–H groups in total. The number of alkyl halides is 3. The minimum Gasteiger partial charge on any atom is -0.481 e. The van der Waals surface area contributed by atoms with Crippen LogP contribution >= 0.6 is 0 Å². The Morgan fingerprint density at radius 1 is 1.00 bits per heavy atom. The first-order valence-electron chi connectivity index (χ1n) is 7.37. The summed E-state index contributed by atoms with van der Waals surface area (Å²) in [4.78, 5) is 16.3. The average Bonchev–Trinajstić information content (AvgIpc) is 2.61. The monoisotopic (exact) mass is 339 g/mol. The number of nitrogens with zero attached hydrogens (tertiary/aromatic N) is 5. The molecule has 3 heterocycles. The quantitative estimate of drug-likeness (QED) is 0.855. The van der Waals surface area contributed by atoms with Crippen molar-refractivity contribution in [2.45, 2.75) is 6.18 Å². The Kier molecular flexibility index (Phi) is 4.41. The molecule has 0 spiro atoms. The maximum absolute atomic E-state index is 12.8. The lowest BCUT2D eigenvalue weighted by Gasteiger charge is -2.35. The molecule has 128 valence electrons. The smallest absolute Gasteiger partial charge is 0.416 e. The second-order valence-electron chi connectivity index (χ2n) is 5.27. The lowest BCUT2D eigenvalue weighted by molar-refractivity contribution is -0.137. The van der Waals surface area contributed by atoms with Gasteiger partial charge < -0.3 is 14.5 Å². The molecule has 0 aromatic carbocycles. The number of aromatic nitrogens is 3. The van der Waals surface area contributed by atoms with Crippen LogP contribution in [0.1, 0.15) is 5.56 Å². The Morgan fingerprint density at radius 2 is 1.67 bits per heavy atom. The van der Waals surface area contributed by atoms with Crippen molar-refractivity contribution >= 4 is 11.8 Å². The van der Waals surface area contributed by atoms with E-state index in [-0.39, 0.29) is 0 Å². The summed E-state index contributed by atoms with van der Waals surface area (Å²) in [5, 5.41) is 0. The van der Waals surface area contributed by atoms with E-state index in [1.54, 1.807) is 12.3 Å². The van der Waals surface area contributed by atoms with E-state index in [0.717, 1.165) is 12.1 Å². The van der Waals surface area contributed by atoms with Gasteiger partial charge in [-0.1, -0.05) is 0 Å². The van der Waals surface area contributed by atoms with Crippen LogP contribution in [0.15, 0.2) is 30.6 Å². The van der Waals surface area contributed by atoms with Gasteiger partial charge in [-0.05, 0) is 12.1 Å². The summed E-state index contributed by atoms with van der Waals surface area (Å²) >= 11 is 0. The predicted molar refractivity (Wildman–Crippen MR) is 82.2 cm³/mol. The molecule has 0 atom stereocenters. The van der Waals surface area contributed by atoms with Gasteiger partial charge in [0.2, 0.25) is 11.8 Å². The Balaban J connectivity index is 1.69. The summed E-state index contributed by atoms with van der Waals surface area (Å²) in [6.45, 7) is 2.25. The number of rotatable bonds is 3. The summed E-state index contributed by atoms with van der Waals surface area (Å²) in [5.74, 6) is 1.35. The van der Waals surface area contributed by atoms with Crippen LogP contribution in [0.5, 0.6) is 5.88 Å². The lowest BCUT2D eigenvalue weighted by Crippen LogP contribution is -2.47. The van der Waals surface area contributed by atoms with Gasteiger partial charge in [0, 0.05) is 44.6 Å². The fraction of sp³-hybridized carbons (Fsp3) is 0.400. The van der Waals surface area contributed by atoms with Crippen molar-refractivity contribution in [1.82, 2.24) is 15.0 Å². The van der Waals surface area contributed by atoms with Gasteiger partial charge in [-0.3, -0.25) is 0 Å². The van der Waals surface area contributed by atoms with Crippen molar-refractivity contribution in [1.29, 1.82) is 0 Å². The van der Waals surface area contributed by atoms with Gasteiger partial charge in [0.1, 0.15) is 5.82 Å². The van der Waals surface area contributed by atoms with Crippen molar-refractivity contribution in [2.24, 2.45) is 0 Å². The van der Waals surface area contributed by atoms with E-state index in [0.29, 0.717) is 43.8 Å². The third kappa shape index (κ3) is 3.50. The molecule has 0 radical (unpaired) electrons. The van der Waals surface area contributed by atoms with Gasteiger partial charge in [-0.25, -0.2) is 9.97 Å². The Labute approximate surface area is 136 Å². The van der Waals surface area contributed by atoms with Gasteiger partial charge in [-0.15, -0.1) is 0 Å². The summed E-state index contributed by atoms with van der Waals surface area (Å²) in [6, 6.07) is 3.72. The van der Waals surface area contributed by atoms with Crippen LogP contribution in [0.2, 0.25) is 0 Å². The first kappa shape index (κ1) is 16.3. The van der Waals surface area contributed by atoms with Gasteiger partial charge >= 0.3 is 6.18 Å². The van der Waals surface area contributed by atoms with Crippen LogP contribution in [0.3, 0.4) is 0 Å². The number of ether oxygens (including phenoxy) is 1. The Morgan fingerprint density at radius 3 is 2.33 bits per heavy atom. The Bertz CT molecular complexity index is 702. The molecule has 1 aliphatic heterocycles. The number of hydrogen-bond acceptors (Lipinski definition) is 6. The van der Waals surface area contributed by atoms with Gasteiger partial charge in [0.25, 0.3) is 0 Å². The molecule has 3 rings (SSSR count). The van der Waals surface area contributed by atoms with E-state index >= 15 is 0 Å². The SMILES string of the molecule is COc1ccnc(N2CCN(c3cc(C(F)(F)F)ccn3)CC2)n1. The first-order valence-corrected chi connectivity index (χ1v) is 7.37. The predicted octanol–water partition coefficient (Wildman–Crippen LogP) is 2.23. The number of halogens is 3. The number of pyridine rings is 1. The minimum absolute atomic E-state index is 0.330. The lowest BCUT2D eigenvalue weighted by atomic mass is 10.2. The molecule has 0 unspecified atom stereocenters. The van der Waals surface area contributed by atoms with Crippen LogP contribution < -0.4 is 14.5 Å². The van der Waals surface area contributed by atoms with E-state index in [2.05, 4.69) is 15.0 Å². The van der Waals surface area contributed by atoms with E-state index in [9.17, 15) is 13.2 Å². The zero-order valence-electron chi connectivity index (χ0n) is 13.0. The second-order valence-corrected chi connectivity index (χ2v) is 5.27. The van der Waals surface area contributed by atoms with Crippen molar-refractivity contribution in [2.75, 3.05) is 43.1 Å². The molecule has 1 fully saturated rings. The van der Waals surface area contributed by atoms with Gasteiger partial charge in [0.15, 0.2) is 0 Å². The molecule has 0 saturated carbocycles. The van der Waals surface area contributed by atoms with Crippen LogP contribution in [0, 0.1) is 0 Å². The average molecular weight is 339 g/mol. The zero-order valence-corrected chi connectivity index (χ0v) is 13.0. The van der Waals surface area contributed by atoms with Crippen molar-refractivity contribution in [3.8, 4) is 5.88 Å². The van der Waals surface area contributed by atoms with E-state index in [1.807, 2.05) is 9.80 Å². The van der Waals surface area contributed by atoms with Crippen LogP contribution in [0.25, 0.3) is 0 Å². The van der Waals surface area contributed by atoms with Crippen LogP contribution in [-0.4, -0.2) is 48.2 Å². The number of methoxy groups -OCH3 is 1. The standard InChI is InChI=1S/C15H16F3N5O/c1-24-13-3-5-20-14(21-13)23-8-6-22(7-9-23)12-10-11(2-4-19-12)15(16,17)18/h2-5,10H,6-9H2,1H3. The van der Waals surface area contributed by atoms with E-state index in [1.165, 1.54) is 13.3 Å². The fourth-order valence-electron chi connectivity index (χ4n) is 2.50. The van der Waals surface area contributed by atoms with E-state index in [4.69, 9.17) is 4.74 Å². The van der Waals surface area contributed by atoms with Crippen molar-refractivity contribution < 1.29 is 17.9 Å². The second kappa shape index (κ2) is 6.50. The fourth-order valence-corrected chi connectivity index (χ4v) is 2.50.